The van der Waals surface area contributed by atoms with Crippen molar-refractivity contribution in [2.24, 2.45) is 0 Å². The summed E-state index contributed by atoms with van der Waals surface area (Å²) >= 11 is 0. The highest BCUT2D eigenvalue weighted by atomic mass is 16.3. The minimum atomic E-state index is -0.391. The van der Waals surface area contributed by atoms with Crippen molar-refractivity contribution in [3.05, 3.63) is 46.1 Å². The van der Waals surface area contributed by atoms with Gasteiger partial charge in [-0.05, 0) is 24.6 Å². The molecule has 0 spiro atoms. The summed E-state index contributed by atoms with van der Waals surface area (Å²) in [6, 6.07) is 6.43. The van der Waals surface area contributed by atoms with Crippen molar-refractivity contribution >= 4 is 11.0 Å². The first-order valence-corrected chi connectivity index (χ1v) is 7.46. The zero-order valence-corrected chi connectivity index (χ0v) is 12.9. The number of fused-ring (bicyclic) bond motifs is 1. The molecule has 124 valence electrons. The predicted octanol–water partition coefficient (Wildman–Crippen LogP) is 3.23. The number of rotatable bonds is 3. The van der Waals surface area contributed by atoms with Gasteiger partial charge in [-0.1, -0.05) is 13.3 Å². The van der Waals surface area contributed by atoms with Crippen LogP contribution >= 0.6 is 0 Å². The molecule has 1 heterocycles. The van der Waals surface area contributed by atoms with Crippen LogP contribution in [0.2, 0.25) is 0 Å². The normalized spacial score (nSPS) is 11.0. The van der Waals surface area contributed by atoms with Crippen LogP contribution in [0.3, 0.4) is 0 Å². The highest BCUT2D eigenvalue weighted by molar-refractivity contribution is 5.87. The average Bonchev–Trinajstić information content (AvgIpc) is 2.52. The molecule has 0 radical (unpaired) electrons. The van der Waals surface area contributed by atoms with E-state index in [9.17, 15) is 25.2 Å². The van der Waals surface area contributed by atoms with Crippen LogP contribution in [0, 0.1) is 0 Å². The lowest BCUT2D eigenvalue weighted by molar-refractivity contribution is 0.404. The third-order valence-corrected chi connectivity index (χ3v) is 3.79. The van der Waals surface area contributed by atoms with Gasteiger partial charge in [0, 0.05) is 23.3 Å². The first-order chi connectivity index (χ1) is 11.4. The molecule has 0 amide bonds. The Kier molecular flexibility index (Phi) is 3.81. The quantitative estimate of drug-likeness (QED) is 0.549. The standard InChI is InChI=1S/C18H16O6/c1-2-3-11-17(23)16-14(22)7-10(19)8-15(16)24-18(11)9-4-5-12(20)13(21)6-9/h4-8,19-22H,2-3H2,1H3. The van der Waals surface area contributed by atoms with E-state index < -0.39 is 5.43 Å². The van der Waals surface area contributed by atoms with Gasteiger partial charge >= 0.3 is 0 Å². The fourth-order valence-corrected chi connectivity index (χ4v) is 2.70. The summed E-state index contributed by atoms with van der Waals surface area (Å²) in [7, 11) is 0. The molecule has 3 aromatic rings. The number of phenolic OH excluding ortho intramolecular Hbond substituents is 4. The maximum absolute atomic E-state index is 12.8. The number of benzene rings is 2. The summed E-state index contributed by atoms with van der Waals surface area (Å²) < 4.78 is 5.76. The Morgan fingerprint density at radius 2 is 1.71 bits per heavy atom. The van der Waals surface area contributed by atoms with Gasteiger partial charge in [0.15, 0.2) is 16.9 Å². The maximum Gasteiger partial charge on any atom is 0.200 e. The van der Waals surface area contributed by atoms with E-state index in [1.54, 1.807) is 0 Å². The molecule has 6 nitrogen and oxygen atoms in total. The molecule has 0 atom stereocenters. The molecule has 2 aromatic carbocycles. The maximum atomic E-state index is 12.8. The smallest absolute Gasteiger partial charge is 0.200 e. The Bertz CT molecular complexity index is 987. The third kappa shape index (κ3) is 2.52. The lowest BCUT2D eigenvalue weighted by Gasteiger charge is -2.11. The molecule has 1 aromatic heterocycles. The third-order valence-electron chi connectivity index (χ3n) is 3.79. The Hall–Kier alpha value is -3.15. The number of hydrogen-bond donors (Lipinski definition) is 4. The molecule has 0 aliphatic rings. The van der Waals surface area contributed by atoms with Gasteiger partial charge in [0.1, 0.15) is 28.2 Å². The highest BCUT2D eigenvalue weighted by Gasteiger charge is 2.19. The molecule has 0 bridgehead atoms. The molecule has 3 rings (SSSR count). The van der Waals surface area contributed by atoms with Crippen molar-refractivity contribution in [1.29, 1.82) is 0 Å². The van der Waals surface area contributed by atoms with E-state index >= 15 is 0 Å². The average molecular weight is 328 g/mol. The Morgan fingerprint density at radius 3 is 2.38 bits per heavy atom. The molecule has 0 fully saturated rings. The van der Waals surface area contributed by atoms with E-state index in [-0.39, 0.29) is 39.7 Å². The monoisotopic (exact) mass is 328 g/mol. The van der Waals surface area contributed by atoms with Crippen LogP contribution in [0.15, 0.2) is 39.5 Å². The second-order valence-corrected chi connectivity index (χ2v) is 5.53. The summed E-state index contributed by atoms with van der Waals surface area (Å²) in [6.45, 7) is 1.90. The molecular weight excluding hydrogens is 312 g/mol. The van der Waals surface area contributed by atoms with Crippen molar-refractivity contribution in [3.63, 3.8) is 0 Å². The molecule has 0 saturated heterocycles. The Morgan fingerprint density at radius 1 is 0.958 bits per heavy atom. The lowest BCUT2D eigenvalue weighted by atomic mass is 10.0. The first-order valence-electron chi connectivity index (χ1n) is 7.46. The molecule has 0 saturated carbocycles. The number of aromatic hydroxyl groups is 4. The summed E-state index contributed by atoms with van der Waals surface area (Å²) in [5.74, 6) is -0.970. The van der Waals surface area contributed by atoms with Crippen LogP contribution in [0.25, 0.3) is 22.3 Å². The van der Waals surface area contributed by atoms with E-state index in [0.717, 1.165) is 6.07 Å². The van der Waals surface area contributed by atoms with Gasteiger partial charge in [0.2, 0.25) is 0 Å². The van der Waals surface area contributed by atoms with E-state index in [4.69, 9.17) is 4.42 Å². The highest BCUT2D eigenvalue weighted by Crippen LogP contribution is 2.35. The van der Waals surface area contributed by atoms with Crippen LogP contribution in [-0.4, -0.2) is 20.4 Å². The van der Waals surface area contributed by atoms with Crippen LogP contribution in [-0.2, 0) is 6.42 Å². The summed E-state index contributed by atoms with van der Waals surface area (Å²) in [6.07, 6.45) is 1.09. The number of phenols is 4. The molecule has 6 heteroatoms. The fourth-order valence-electron chi connectivity index (χ4n) is 2.70. The van der Waals surface area contributed by atoms with Crippen molar-refractivity contribution in [3.8, 4) is 34.3 Å². The molecule has 0 aliphatic heterocycles. The largest absolute Gasteiger partial charge is 0.508 e. The minimum Gasteiger partial charge on any atom is -0.508 e. The van der Waals surface area contributed by atoms with Crippen molar-refractivity contribution < 1.29 is 24.8 Å². The summed E-state index contributed by atoms with van der Waals surface area (Å²) in [4.78, 5) is 12.8. The van der Waals surface area contributed by atoms with Gasteiger partial charge in [-0.15, -0.1) is 0 Å². The second kappa shape index (κ2) is 5.81. The zero-order chi connectivity index (χ0) is 17.4. The molecular formula is C18H16O6. The van der Waals surface area contributed by atoms with E-state index in [1.165, 1.54) is 24.3 Å². The summed E-state index contributed by atoms with van der Waals surface area (Å²) in [5.41, 5.74) is 0.421. The molecule has 24 heavy (non-hydrogen) atoms. The molecule has 0 unspecified atom stereocenters. The number of hydrogen-bond acceptors (Lipinski definition) is 6. The Labute approximate surface area is 136 Å². The van der Waals surface area contributed by atoms with Crippen LogP contribution < -0.4 is 5.43 Å². The minimum absolute atomic E-state index is 0.00278. The van der Waals surface area contributed by atoms with Gasteiger partial charge in [-0.2, -0.15) is 0 Å². The zero-order valence-electron chi connectivity index (χ0n) is 12.9. The Balaban J connectivity index is 2.39. The second-order valence-electron chi connectivity index (χ2n) is 5.53. The SMILES string of the molecule is CCCc1c(-c2ccc(O)c(O)c2)oc2cc(O)cc(O)c2c1=O. The van der Waals surface area contributed by atoms with Crippen molar-refractivity contribution in [1.82, 2.24) is 0 Å². The molecule has 0 aliphatic carbocycles. The summed E-state index contributed by atoms with van der Waals surface area (Å²) in [5, 5.41) is 38.8. The van der Waals surface area contributed by atoms with Gasteiger partial charge in [-0.3, -0.25) is 4.79 Å². The van der Waals surface area contributed by atoms with Crippen LogP contribution in [0.4, 0.5) is 0 Å². The predicted molar refractivity (Wildman–Crippen MR) is 88.6 cm³/mol. The van der Waals surface area contributed by atoms with Gasteiger partial charge < -0.3 is 24.8 Å². The lowest BCUT2D eigenvalue weighted by Crippen LogP contribution is -2.11. The first kappa shape index (κ1) is 15.7. The van der Waals surface area contributed by atoms with Crippen LogP contribution in [0.1, 0.15) is 18.9 Å². The van der Waals surface area contributed by atoms with Gasteiger partial charge in [0.05, 0.1) is 0 Å². The van der Waals surface area contributed by atoms with Gasteiger partial charge in [0.25, 0.3) is 0 Å². The van der Waals surface area contributed by atoms with Gasteiger partial charge in [-0.25, -0.2) is 0 Å². The van der Waals surface area contributed by atoms with Crippen LogP contribution in [0.5, 0.6) is 23.0 Å². The van der Waals surface area contributed by atoms with E-state index in [1.807, 2.05) is 6.92 Å². The van der Waals surface area contributed by atoms with E-state index in [2.05, 4.69) is 0 Å². The van der Waals surface area contributed by atoms with Crippen molar-refractivity contribution in [2.75, 3.05) is 0 Å². The van der Waals surface area contributed by atoms with E-state index in [0.29, 0.717) is 24.0 Å². The topological polar surface area (TPSA) is 111 Å². The van der Waals surface area contributed by atoms with Crippen molar-refractivity contribution in [2.45, 2.75) is 19.8 Å². The fraction of sp³-hybridized carbons (Fsp3) is 0.167. The molecule has 4 N–H and O–H groups in total.